The minimum atomic E-state index is -3.59. The highest BCUT2D eigenvalue weighted by atomic mass is 35.5. The molecule has 2 atom stereocenters. The molecule has 1 aliphatic rings. The second-order valence-electron chi connectivity index (χ2n) is 6.09. The molecule has 1 N–H and O–H groups in total. The lowest BCUT2D eigenvalue weighted by molar-refractivity contribution is 0.310. The Morgan fingerprint density at radius 3 is 2.65 bits per heavy atom. The summed E-state index contributed by atoms with van der Waals surface area (Å²) in [5.41, 5.74) is 0. The number of nitrogens with zero attached hydrogens (tertiary/aromatic N) is 1. The van der Waals surface area contributed by atoms with E-state index in [9.17, 15) is 8.42 Å². The summed E-state index contributed by atoms with van der Waals surface area (Å²) in [5, 5.41) is 1.92. The molecule has 0 unspecified atom stereocenters. The number of halogens is 2. The maximum Gasteiger partial charge on any atom is 0.240 e. The highest BCUT2D eigenvalue weighted by Gasteiger charge is 2.27. The average molecular weight is 373 g/mol. The van der Waals surface area contributed by atoms with Crippen molar-refractivity contribution in [2.24, 2.45) is 5.92 Å². The van der Waals surface area contributed by atoms with Crippen molar-refractivity contribution >= 4 is 44.0 Å². The maximum atomic E-state index is 12.7. The maximum absolute atomic E-state index is 12.7. The fourth-order valence-electron chi connectivity index (χ4n) is 3.08. The second kappa shape index (κ2) is 6.55. The Hall–Kier alpha value is -0.880. The Morgan fingerprint density at radius 2 is 1.91 bits per heavy atom. The lowest BCUT2D eigenvalue weighted by Gasteiger charge is -2.29. The second-order valence-corrected chi connectivity index (χ2v) is 8.57. The number of rotatable bonds is 3. The predicted molar refractivity (Wildman–Crippen MR) is 93.5 cm³/mol. The minimum Gasteiger partial charge on any atom is -0.242 e. The average Bonchev–Trinajstić information content (AvgIpc) is 2.53. The van der Waals surface area contributed by atoms with Crippen molar-refractivity contribution < 1.29 is 8.42 Å². The van der Waals surface area contributed by atoms with Crippen molar-refractivity contribution in [1.29, 1.82) is 0 Å². The zero-order chi connectivity index (χ0) is 16.6. The Morgan fingerprint density at radius 1 is 1.17 bits per heavy atom. The number of aromatic nitrogens is 1. The number of nitrogens with one attached hydrogen (secondary N) is 1. The molecule has 0 saturated heterocycles. The summed E-state index contributed by atoms with van der Waals surface area (Å²) in [5.74, 6) is 0.346. The summed E-state index contributed by atoms with van der Waals surface area (Å²) >= 11 is 12.2. The van der Waals surface area contributed by atoms with E-state index >= 15 is 0 Å². The Bertz CT molecular complexity index is 839. The number of hydrogen-bond acceptors (Lipinski definition) is 3. The molecule has 0 bridgehead atoms. The molecule has 1 aromatic carbocycles. The fraction of sp³-hybridized carbons (Fsp3) is 0.438. The van der Waals surface area contributed by atoms with E-state index in [2.05, 4.69) is 16.6 Å². The molecular formula is C16H18Cl2N2O2S. The molecule has 23 heavy (non-hydrogen) atoms. The summed E-state index contributed by atoms with van der Waals surface area (Å²) in [4.78, 5) is 4.16. The molecule has 1 aromatic heterocycles. The van der Waals surface area contributed by atoms with Gasteiger partial charge >= 0.3 is 0 Å². The monoisotopic (exact) mass is 372 g/mol. The topological polar surface area (TPSA) is 59.1 Å². The standard InChI is InChI=1S/C16H18Cl2N2O2S/c1-10-4-2-3-5-15(10)20-23(21,22)11-6-7-12-13(8-11)16(18)19-9-14(12)17/h6-10,15,20H,2-5H2,1H3/t10-,15+/m1/s1. The number of hydrogen-bond donors (Lipinski definition) is 1. The lowest BCUT2D eigenvalue weighted by atomic mass is 9.87. The zero-order valence-electron chi connectivity index (χ0n) is 12.7. The van der Waals surface area contributed by atoms with Crippen LogP contribution in [-0.4, -0.2) is 19.4 Å². The van der Waals surface area contributed by atoms with E-state index in [1.165, 1.54) is 12.3 Å². The highest BCUT2D eigenvalue weighted by molar-refractivity contribution is 7.89. The van der Waals surface area contributed by atoms with Gasteiger partial charge in [-0.25, -0.2) is 18.1 Å². The molecule has 1 heterocycles. The van der Waals surface area contributed by atoms with Crippen molar-refractivity contribution in [2.45, 2.75) is 43.5 Å². The molecule has 1 fully saturated rings. The van der Waals surface area contributed by atoms with Gasteiger partial charge in [-0.3, -0.25) is 0 Å². The van der Waals surface area contributed by atoms with Crippen LogP contribution in [0.25, 0.3) is 10.8 Å². The van der Waals surface area contributed by atoms with Crippen LogP contribution in [0, 0.1) is 5.92 Å². The molecule has 4 nitrogen and oxygen atoms in total. The van der Waals surface area contributed by atoms with Gasteiger partial charge in [0.1, 0.15) is 5.15 Å². The van der Waals surface area contributed by atoms with Gasteiger partial charge in [0.2, 0.25) is 10.0 Å². The summed E-state index contributed by atoms with van der Waals surface area (Å²) in [6.45, 7) is 2.09. The van der Waals surface area contributed by atoms with Crippen molar-refractivity contribution in [3.05, 3.63) is 34.6 Å². The van der Waals surface area contributed by atoms with Crippen LogP contribution in [0.1, 0.15) is 32.6 Å². The zero-order valence-corrected chi connectivity index (χ0v) is 15.0. The third-order valence-corrected chi connectivity index (χ3v) is 6.58. The van der Waals surface area contributed by atoms with Gasteiger partial charge in [-0.15, -0.1) is 0 Å². The third kappa shape index (κ3) is 3.48. The quantitative estimate of drug-likeness (QED) is 0.812. The molecule has 0 aliphatic heterocycles. The van der Waals surface area contributed by atoms with Gasteiger partial charge in [-0.2, -0.15) is 0 Å². The van der Waals surface area contributed by atoms with Crippen LogP contribution >= 0.6 is 23.2 Å². The summed E-state index contributed by atoms with van der Waals surface area (Å²) in [6.07, 6.45) is 5.61. The fourth-order valence-corrected chi connectivity index (χ4v) is 4.90. The third-order valence-electron chi connectivity index (χ3n) is 4.49. The Kier molecular flexibility index (Phi) is 4.83. The predicted octanol–water partition coefficient (Wildman–Crippen LogP) is 4.40. The number of pyridine rings is 1. The van der Waals surface area contributed by atoms with E-state index in [1.54, 1.807) is 12.1 Å². The van der Waals surface area contributed by atoms with Gasteiger partial charge < -0.3 is 0 Å². The largest absolute Gasteiger partial charge is 0.242 e. The van der Waals surface area contributed by atoms with Gasteiger partial charge in [0.25, 0.3) is 0 Å². The van der Waals surface area contributed by atoms with Crippen LogP contribution in [0.4, 0.5) is 0 Å². The van der Waals surface area contributed by atoms with Gasteiger partial charge in [-0.1, -0.05) is 49.0 Å². The van der Waals surface area contributed by atoms with E-state index < -0.39 is 10.0 Å². The Labute approximate surface area is 146 Å². The molecule has 124 valence electrons. The molecule has 7 heteroatoms. The molecule has 3 rings (SSSR count). The van der Waals surface area contributed by atoms with Crippen LogP contribution in [0.2, 0.25) is 10.2 Å². The number of benzene rings is 1. The van der Waals surface area contributed by atoms with Gasteiger partial charge in [0.05, 0.1) is 9.92 Å². The van der Waals surface area contributed by atoms with Crippen LogP contribution in [-0.2, 0) is 10.0 Å². The summed E-state index contributed by atoms with van der Waals surface area (Å²) in [6, 6.07) is 4.74. The molecule has 2 aromatic rings. The normalized spacial score (nSPS) is 22.4. The van der Waals surface area contributed by atoms with Crippen molar-refractivity contribution in [3.8, 4) is 0 Å². The van der Waals surface area contributed by atoms with E-state index in [4.69, 9.17) is 23.2 Å². The smallest absolute Gasteiger partial charge is 0.240 e. The van der Waals surface area contributed by atoms with Gasteiger partial charge in [0, 0.05) is 23.0 Å². The summed E-state index contributed by atoms with van der Waals surface area (Å²) in [7, 11) is -3.59. The molecular weight excluding hydrogens is 355 g/mol. The van der Waals surface area contributed by atoms with Crippen LogP contribution in [0.15, 0.2) is 29.3 Å². The molecule has 1 saturated carbocycles. The SMILES string of the molecule is C[C@@H]1CCCC[C@@H]1NS(=O)(=O)c1ccc2c(Cl)cnc(Cl)c2c1. The first-order valence-corrected chi connectivity index (χ1v) is 9.88. The van der Waals surface area contributed by atoms with Crippen LogP contribution < -0.4 is 4.72 Å². The molecule has 0 spiro atoms. The lowest BCUT2D eigenvalue weighted by Crippen LogP contribution is -2.40. The van der Waals surface area contributed by atoms with Gasteiger partial charge in [0.15, 0.2) is 0 Å². The van der Waals surface area contributed by atoms with Crippen molar-refractivity contribution in [1.82, 2.24) is 9.71 Å². The minimum absolute atomic E-state index is 0.0163. The van der Waals surface area contributed by atoms with E-state index in [0.29, 0.717) is 21.7 Å². The van der Waals surface area contributed by atoms with Gasteiger partial charge in [-0.05, 0) is 30.9 Å². The first-order valence-electron chi connectivity index (χ1n) is 7.64. The summed E-state index contributed by atoms with van der Waals surface area (Å²) < 4.78 is 28.2. The highest BCUT2D eigenvalue weighted by Crippen LogP contribution is 2.30. The van der Waals surface area contributed by atoms with E-state index in [-0.39, 0.29) is 16.1 Å². The first kappa shape index (κ1) is 17.0. The van der Waals surface area contributed by atoms with Crippen LogP contribution in [0.5, 0.6) is 0 Å². The first-order chi connectivity index (χ1) is 10.9. The molecule has 0 radical (unpaired) electrons. The van der Waals surface area contributed by atoms with Crippen LogP contribution in [0.3, 0.4) is 0 Å². The Balaban J connectivity index is 1.96. The van der Waals surface area contributed by atoms with Crippen molar-refractivity contribution in [3.63, 3.8) is 0 Å². The van der Waals surface area contributed by atoms with Crippen molar-refractivity contribution in [2.75, 3.05) is 0 Å². The van der Waals surface area contributed by atoms with E-state index in [0.717, 1.165) is 25.7 Å². The van der Waals surface area contributed by atoms with E-state index in [1.807, 2.05) is 0 Å². The number of fused-ring (bicyclic) bond motifs is 1. The molecule has 0 amide bonds. The molecule has 1 aliphatic carbocycles. The number of sulfonamides is 1.